The van der Waals surface area contributed by atoms with Crippen molar-refractivity contribution in [2.75, 3.05) is 12.8 Å². The van der Waals surface area contributed by atoms with Gasteiger partial charge in [-0.15, -0.1) is 0 Å². The highest BCUT2D eigenvalue weighted by Gasteiger charge is 2.29. The topological polar surface area (TPSA) is 63.4 Å². The summed E-state index contributed by atoms with van der Waals surface area (Å²) in [6.45, 7) is 1.79. The first-order valence-electron chi connectivity index (χ1n) is 6.77. The minimum atomic E-state index is -3.41. The van der Waals surface area contributed by atoms with Crippen molar-refractivity contribution in [3.05, 3.63) is 23.8 Å². The van der Waals surface area contributed by atoms with Crippen molar-refractivity contribution in [3.8, 4) is 0 Å². The molecule has 1 fully saturated rings. The Bertz CT molecular complexity index is 549. The number of rotatable bonds is 3. The van der Waals surface area contributed by atoms with Gasteiger partial charge < -0.3 is 5.73 Å². The van der Waals surface area contributed by atoms with Gasteiger partial charge in [-0.25, -0.2) is 8.42 Å². The van der Waals surface area contributed by atoms with Crippen molar-refractivity contribution in [2.45, 2.75) is 50.0 Å². The molecule has 0 aliphatic heterocycles. The molecule has 0 atom stereocenters. The van der Waals surface area contributed by atoms with E-state index >= 15 is 0 Å². The molecule has 0 unspecified atom stereocenters. The number of nitrogens with zero attached hydrogens (tertiary/aromatic N) is 1. The first-order valence-corrected chi connectivity index (χ1v) is 8.21. The van der Waals surface area contributed by atoms with Crippen LogP contribution in [0.25, 0.3) is 0 Å². The van der Waals surface area contributed by atoms with Gasteiger partial charge in [-0.05, 0) is 43.5 Å². The molecule has 0 heterocycles. The molecule has 0 bridgehead atoms. The average molecular weight is 282 g/mol. The zero-order chi connectivity index (χ0) is 14.0. The van der Waals surface area contributed by atoms with Crippen LogP contribution < -0.4 is 5.73 Å². The van der Waals surface area contributed by atoms with Crippen LogP contribution in [0.15, 0.2) is 23.1 Å². The largest absolute Gasteiger partial charge is 0.399 e. The van der Waals surface area contributed by atoms with E-state index in [1.807, 2.05) is 0 Å². The van der Waals surface area contributed by atoms with E-state index in [9.17, 15) is 8.42 Å². The molecular formula is C14H22N2O2S. The number of hydrogen-bond acceptors (Lipinski definition) is 3. The molecule has 1 saturated carbocycles. The molecule has 4 nitrogen and oxygen atoms in total. The maximum atomic E-state index is 12.6. The maximum Gasteiger partial charge on any atom is 0.243 e. The second-order valence-electron chi connectivity index (χ2n) is 5.34. The molecule has 0 aromatic heterocycles. The normalized spacial score (nSPS) is 17.8. The molecule has 106 valence electrons. The first-order chi connectivity index (χ1) is 8.93. The van der Waals surface area contributed by atoms with Crippen LogP contribution in [-0.2, 0) is 10.0 Å². The predicted molar refractivity (Wildman–Crippen MR) is 77.4 cm³/mol. The van der Waals surface area contributed by atoms with Crippen LogP contribution in [0.3, 0.4) is 0 Å². The molecule has 0 saturated heterocycles. The van der Waals surface area contributed by atoms with Gasteiger partial charge in [0, 0.05) is 18.8 Å². The standard InChI is InChI=1S/C14H22N2O2S/c1-11-10-12(15)8-9-14(11)19(17,18)16(2)13-6-4-3-5-7-13/h8-10,13H,3-7,15H2,1-2H3. The number of aryl methyl sites for hydroxylation is 1. The number of sulfonamides is 1. The second-order valence-corrected chi connectivity index (χ2v) is 7.30. The Kier molecular flexibility index (Phi) is 4.16. The summed E-state index contributed by atoms with van der Waals surface area (Å²) in [4.78, 5) is 0.370. The van der Waals surface area contributed by atoms with E-state index in [0.29, 0.717) is 16.1 Å². The molecule has 1 aromatic carbocycles. The van der Waals surface area contributed by atoms with Crippen LogP contribution in [-0.4, -0.2) is 25.8 Å². The smallest absolute Gasteiger partial charge is 0.243 e. The van der Waals surface area contributed by atoms with E-state index in [-0.39, 0.29) is 6.04 Å². The zero-order valence-electron chi connectivity index (χ0n) is 11.6. The number of benzene rings is 1. The lowest BCUT2D eigenvalue weighted by Crippen LogP contribution is -2.38. The summed E-state index contributed by atoms with van der Waals surface area (Å²) in [6, 6.07) is 5.10. The summed E-state index contributed by atoms with van der Waals surface area (Å²) < 4.78 is 26.8. The minimum Gasteiger partial charge on any atom is -0.399 e. The van der Waals surface area contributed by atoms with Gasteiger partial charge in [0.15, 0.2) is 0 Å². The number of anilines is 1. The van der Waals surface area contributed by atoms with Crippen LogP contribution in [0.5, 0.6) is 0 Å². The number of nitrogens with two attached hydrogens (primary N) is 1. The highest BCUT2D eigenvalue weighted by molar-refractivity contribution is 7.89. The third kappa shape index (κ3) is 2.92. The Morgan fingerprint density at radius 3 is 2.42 bits per heavy atom. The second kappa shape index (κ2) is 5.51. The molecule has 0 radical (unpaired) electrons. The summed E-state index contributed by atoms with van der Waals surface area (Å²) in [5.74, 6) is 0. The minimum absolute atomic E-state index is 0.135. The van der Waals surface area contributed by atoms with E-state index in [2.05, 4.69) is 0 Å². The highest BCUT2D eigenvalue weighted by atomic mass is 32.2. The predicted octanol–water partition coefficient (Wildman–Crippen LogP) is 2.53. The SMILES string of the molecule is Cc1cc(N)ccc1S(=O)(=O)N(C)C1CCCCC1. The molecule has 1 aromatic rings. The monoisotopic (exact) mass is 282 g/mol. The van der Waals surface area contributed by atoms with Crippen LogP contribution in [0.1, 0.15) is 37.7 Å². The van der Waals surface area contributed by atoms with E-state index in [0.717, 1.165) is 25.7 Å². The zero-order valence-corrected chi connectivity index (χ0v) is 12.4. The molecule has 2 rings (SSSR count). The number of nitrogen functional groups attached to an aromatic ring is 1. The van der Waals surface area contributed by atoms with Crippen molar-refractivity contribution in [3.63, 3.8) is 0 Å². The lowest BCUT2D eigenvalue weighted by molar-refractivity contribution is 0.285. The van der Waals surface area contributed by atoms with E-state index in [1.54, 1.807) is 36.5 Å². The van der Waals surface area contributed by atoms with Gasteiger partial charge >= 0.3 is 0 Å². The van der Waals surface area contributed by atoms with Crippen LogP contribution in [0.2, 0.25) is 0 Å². The first kappa shape index (κ1) is 14.3. The molecular weight excluding hydrogens is 260 g/mol. The maximum absolute atomic E-state index is 12.6. The fourth-order valence-electron chi connectivity index (χ4n) is 2.76. The highest BCUT2D eigenvalue weighted by Crippen LogP contribution is 2.28. The van der Waals surface area contributed by atoms with Crippen molar-refractivity contribution in [1.29, 1.82) is 0 Å². The summed E-state index contributed by atoms with van der Waals surface area (Å²) in [5.41, 5.74) is 6.99. The van der Waals surface area contributed by atoms with E-state index in [4.69, 9.17) is 5.73 Å². The van der Waals surface area contributed by atoms with Crippen LogP contribution >= 0.6 is 0 Å². The third-order valence-electron chi connectivity index (χ3n) is 3.94. The average Bonchev–Trinajstić information content (AvgIpc) is 2.38. The van der Waals surface area contributed by atoms with Gasteiger partial charge in [0.05, 0.1) is 4.90 Å². The van der Waals surface area contributed by atoms with Crippen molar-refractivity contribution in [1.82, 2.24) is 4.31 Å². The fourth-order valence-corrected chi connectivity index (χ4v) is 4.38. The quantitative estimate of drug-likeness (QED) is 0.866. The molecule has 2 N–H and O–H groups in total. The van der Waals surface area contributed by atoms with Gasteiger partial charge in [0.2, 0.25) is 10.0 Å². The van der Waals surface area contributed by atoms with Gasteiger partial charge in [-0.2, -0.15) is 4.31 Å². The summed E-state index contributed by atoms with van der Waals surface area (Å²) in [5, 5.41) is 0. The molecule has 1 aliphatic rings. The number of hydrogen-bond donors (Lipinski definition) is 1. The van der Waals surface area contributed by atoms with Crippen molar-refractivity contribution < 1.29 is 8.42 Å². The van der Waals surface area contributed by atoms with Crippen LogP contribution in [0.4, 0.5) is 5.69 Å². The fraction of sp³-hybridized carbons (Fsp3) is 0.571. The molecule has 19 heavy (non-hydrogen) atoms. The Hall–Kier alpha value is -1.07. The van der Waals surface area contributed by atoms with Crippen LogP contribution in [0, 0.1) is 6.92 Å². The van der Waals surface area contributed by atoms with Crippen molar-refractivity contribution in [2.24, 2.45) is 0 Å². The summed E-state index contributed by atoms with van der Waals surface area (Å²) in [7, 11) is -1.71. The molecule has 1 aliphatic carbocycles. The lowest BCUT2D eigenvalue weighted by atomic mass is 9.96. The van der Waals surface area contributed by atoms with E-state index < -0.39 is 10.0 Å². The molecule has 5 heteroatoms. The molecule has 0 spiro atoms. The van der Waals surface area contributed by atoms with Crippen molar-refractivity contribution >= 4 is 15.7 Å². The van der Waals surface area contributed by atoms with Gasteiger partial charge in [0.25, 0.3) is 0 Å². The summed E-state index contributed by atoms with van der Waals surface area (Å²) >= 11 is 0. The molecule has 0 amide bonds. The van der Waals surface area contributed by atoms with Gasteiger partial charge in [0.1, 0.15) is 0 Å². The summed E-state index contributed by atoms with van der Waals surface area (Å²) in [6.07, 6.45) is 5.37. The Labute approximate surface area is 115 Å². The Morgan fingerprint density at radius 1 is 1.21 bits per heavy atom. The van der Waals surface area contributed by atoms with Gasteiger partial charge in [-0.3, -0.25) is 0 Å². The third-order valence-corrected chi connectivity index (χ3v) is 6.02. The van der Waals surface area contributed by atoms with E-state index in [1.165, 1.54) is 6.42 Å². The van der Waals surface area contributed by atoms with Gasteiger partial charge in [-0.1, -0.05) is 19.3 Å². The lowest BCUT2D eigenvalue weighted by Gasteiger charge is -2.30. The Morgan fingerprint density at radius 2 is 1.84 bits per heavy atom. The Balaban J connectivity index is 2.30.